The summed E-state index contributed by atoms with van der Waals surface area (Å²) >= 11 is 4.86. The Balaban J connectivity index is 2.30. The van der Waals surface area contributed by atoms with E-state index in [1.807, 2.05) is 29.7 Å². The van der Waals surface area contributed by atoms with Gasteiger partial charge in [-0.1, -0.05) is 11.3 Å². The van der Waals surface area contributed by atoms with E-state index < -0.39 is 0 Å². The molecule has 0 unspecified atom stereocenters. The molecule has 7 heteroatoms. The fourth-order valence-electron chi connectivity index (χ4n) is 1.64. The van der Waals surface area contributed by atoms with Gasteiger partial charge in [-0.2, -0.15) is 0 Å². The molecule has 0 spiro atoms. The number of hydrogen-bond donors (Lipinski definition) is 1. The molecule has 3 rings (SSSR count). The molecular formula is C10H8BrN5S. The van der Waals surface area contributed by atoms with E-state index in [-0.39, 0.29) is 0 Å². The quantitative estimate of drug-likeness (QED) is 0.750. The second-order valence-corrected chi connectivity index (χ2v) is 5.51. The van der Waals surface area contributed by atoms with Crippen LogP contribution in [0.15, 0.2) is 22.8 Å². The molecule has 3 heterocycles. The third kappa shape index (κ3) is 1.71. The number of aromatic nitrogens is 4. The number of nitrogens with two attached hydrogens (primary N) is 1. The van der Waals surface area contributed by atoms with Crippen molar-refractivity contribution < 1.29 is 0 Å². The number of aryl methyl sites for hydroxylation is 1. The highest BCUT2D eigenvalue weighted by atomic mass is 79.9. The van der Waals surface area contributed by atoms with E-state index in [9.17, 15) is 0 Å². The summed E-state index contributed by atoms with van der Waals surface area (Å²) in [6.07, 6.45) is 1.93. The maximum absolute atomic E-state index is 5.70. The fraction of sp³-hybridized carbons (Fsp3) is 0.100. The smallest absolute Gasteiger partial charge is 0.180 e. The van der Waals surface area contributed by atoms with Gasteiger partial charge in [0.2, 0.25) is 0 Å². The van der Waals surface area contributed by atoms with E-state index in [0.29, 0.717) is 5.13 Å². The maximum atomic E-state index is 5.70. The van der Waals surface area contributed by atoms with E-state index >= 15 is 0 Å². The zero-order valence-corrected chi connectivity index (χ0v) is 11.3. The number of halogens is 1. The minimum atomic E-state index is 0.546. The van der Waals surface area contributed by atoms with Crippen molar-refractivity contribution in [3.05, 3.63) is 28.5 Å². The Morgan fingerprint density at radius 1 is 1.35 bits per heavy atom. The van der Waals surface area contributed by atoms with Crippen molar-refractivity contribution >= 4 is 38.0 Å². The van der Waals surface area contributed by atoms with Crippen molar-refractivity contribution in [1.82, 2.24) is 19.6 Å². The van der Waals surface area contributed by atoms with Gasteiger partial charge in [0.1, 0.15) is 0 Å². The number of rotatable bonds is 1. The highest BCUT2D eigenvalue weighted by Gasteiger charge is 2.14. The number of fused-ring (bicyclic) bond motifs is 1. The summed E-state index contributed by atoms with van der Waals surface area (Å²) in [7, 11) is 0. The number of pyridine rings is 1. The lowest BCUT2D eigenvalue weighted by atomic mass is 10.3. The third-order valence-electron chi connectivity index (χ3n) is 2.38. The normalized spacial score (nSPS) is 11.2. The summed E-state index contributed by atoms with van der Waals surface area (Å²) in [5.41, 5.74) is 7.38. The molecule has 17 heavy (non-hydrogen) atoms. The van der Waals surface area contributed by atoms with Gasteiger partial charge in [0.25, 0.3) is 0 Å². The molecule has 0 aliphatic rings. The Morgan fingerprint density at radius 3 is 2.88 bits per heavy atom. The minimum Gasteiger partial charge on any atom is -0.375 e. The van der Waals surface area contributed by atoms with Crippen LogP contribution in [0.5, 0.6) is 0 Å². The van der Waals surface area contributed by atoms with Crippen molar-refractivity contribution in [2.75, 3.05) is 5.73 Å². The fourth-order valence-corrected chi connectivity index (χ4v) is 2.80. The summed E-state index contributed by atoms with van der Waals surface area (Å²) < 4.78 is 2.89. The minimum absolute atomic E-state index is 0.546. The van der Waals surface area contributed by atoms with Gasteiger partial charge in [0.05, 0.1) is 10.6 Å². The molecule has 86 valence electrons. The van der Waals surface area contributed by atoms with Crippen LogP contribution in [0.4, 0.5) is 5.13 Å². The van der Waals surface area contributed by atoms with E-state index in [2.05, 4.69) is 31.1 Å². The Morgan fingerprint density at radius 2 is 2.18 bits per heavy atom. The number of thiazole rings is 1. The van der Waals surface area contributed by atoms with Crippen molar-refractivity contribution in [3.8, 4) is 10.7 Å². The van der Waals surface area contributed by atoms with Crippen molar-refractivity contribution in [1.29, 1.82) is 0 Å². The van der Waals surface area contributed by atoms with Crippen molar-refractivity contribution in [3.63, 3.8) is 0 Å². The van der Waals surface area contributed by atoms with Crippen LogP contribution in [-0.2, 0) is 0 Å². The highest BCUT2D eigenvalue weighted by molar-refractivity contribution is 9.10. The van der Waals surface area contributed by atoms with Gasteiger partial charge in [-0.25, -0.2) is 4.98 Å². The molecule has 0 aliphatic carbocycles. The second-order valence-electron chi connectivity index (χ2n) is 3.57. The standard InChI is InChI=1S/C10H8BrN5S/c1-5-8(17-10(12)13-5)9-15-14-7-3-2-6(11)4-16(7)9/h2-4H,1H3,(H2,12,13). The lowest BCUT2D eigenvalue weighted by Gasteiger charge is -1.98. The second kappa shape index (κ2) is 3.78. The summed E-state index contributed by atoms with van der Waals surface area (Å²) in [6, 6.07) is 3.84. The SMILES string of the molecule is Cc1nc(N)sc1-c1nnc2ccc(Br)cn12. The monoisotopic (exact) mass is 309 g/mol. The highest BCUT2D eigenvalue weighted by Crippen LogP contribution is 2.30. The van der Waals surface area contributed by atoms with Crippen LogP contribution in [0.25, 0.3) is 16.3 Å². The predicted octanol–water partition coefficient (Wildman–Crippen LogP) is 2.51. The molecule has 0 aromatic carbocycles. The third-order valence-corrected chi connectivity index (χ3v) is 3.83. The Hall–Kier alpha value is -1.47. The van der Waals surface area contributed by atoms with Crippen LogP contribution >= 0.6 is 27.3 Å². The molecule has 0 amide bonds. The lowest BCUT2D eigenvalue weighted by molar-refractivity contribution is 1.11. The summed E-state index contributed by atoms with van der Waals surface area (Å²) in [5.74, 6) is 0.771. The molecule has 0 fully saturated rings. The first-order valence-electron chi connectivity index (χ1n) is 4.89. The molecule has 5 nitrogen and oxygen atoms in total. The number of hydrogen-bond acceptors (Lipinski definition) is 5. The molecule has 0 radical (unpaired) electrons. The Labute approximate surface area is 109 Å². The van der Waals surface area contributed by atoms with Gasteiger partial charge in [-0.15, -0.1) is 10.2 Å². The van der Waals surface area contributed by atoms with Gasteiger partial charge in [0.15, 0.2) is 16.6 Å². The molecular weight excluding hydrogens is 302 g/mol. The first-order valence-corrected chi connectivity index (χ1v) is 6.49. The molecule has 3 aromatic rings. The number of nitrogens with zero attached hydrogens (tertiary/aromatic N) is 4. The van der Waals surface area contributed by atoms with E-state index in [1.54, 1.807) is 0 Å². The van der Waals surface area contributed by atoms with Crippen LogP contribution in [0.2, 0.25) is 0 Å². The van der Waals surface area contributed by atoms with Crippen LogP contribution in [0.3, 0.4) is 0 Å². The van der Waals surface area contributed by atoms with Gasteiger partial charge < -0.3 is 5.73 Å². The van der Waals surface area contributed by atoms with Crippen LogP contribution in [0, 0.1) is 6.92 Å². The molecule has 0 bridgehead atoms. The summed E-state index contributed by atoms with van der Waals surface area (Å²) in [6.45, 7) is 1.92. The predicted molar refractivity (Wildman–Crippen MR) is 70.9 cm³/mol. The van der Waals surface area contributed by atoms with Gasteiger partial charge in [0, 0.05) is 10.7 Å². The molecule has 0 atom stereocenters. The van der Waals surface area contributed by atoms with Crippen molar-refractivity contribution in [2.24, 2.45) is 0 Å². The van der Waals surface area contributed by atoms with Crippen molar-refractivity contribution in [2.45, 2.75) is 6.92 Å². The largest absolute Gasteiger partial charge is 0.375 e. The van der Waals surface area contributed by atoms with Gasteiger partial charge >= 0.3 is 0 Å². The van der Waals surface area contributed by atoms with Crippen LogP contribution in [-0.4, -0.2) is 19.6 Å². The van der Waals surface area contributed by atoms with E-state index in [4.69, 9.17) is 5.73 Å². The first kappa shape index (κ1) is 10.7. The molecule has 0 saturated heterocycles. The Kier molecular flexibility index (Phi) is 2.37. The van der Waals surface area contributed by atoms with Gasteiger partial charge in [-0.05, 0) is 35.0 Å². The average molecular weight is 310 g/mol. The first-order chi connectivity index (χ1) is 8.15. The Bertz CT molecular complexity index is 702. The summed E-state index contributed by atoms with van der Waals surface area (Å²) in [5, 5.41) is 8.85. The van der Waals surface area contributed by atoms with Crippen LogP contribution < -0.4 is 5.73 Å². The zero-order chi connectivity index (χ0) is 12.0. The molecule has 3 aromatic heterocycles. The van der Waals surface area contributed by atoms with E-state index in [0.717, 1.165) is 26.5 Å². The maximum Gasteiger partial charge on any atom is 0.180 e. The van der Waals surface area contributed by atoms with E-state index in [1.165, 1.54) is 11.3 Å². The van der Waals surface area contributed by atoms with Crippen LogP contribution in [0.1, 0.15) is 5.69 Å². The zero-order valence-electron chi connectivity index (χ0n) is 8.88. The number of nitrogen functional groups attached to an aromatic ring is 1. The number of anilines is 1. The molecule has 2 N–H and O–H groups in total. The molecule has 0 aliphatic heterocycles. The summed E-state index contributed by atoms with van der Waals surface area (Å²) in [4.78, 5) is 5.15. The average Bonchev–Trinajstić information content (AvgIpc) is 2.81. The van der Waals surface area contributed by atoms with Gasteiger partial charge in [-0.3, -0.25) is 4.40 Å². The topological polar surface area (TPSA) is 69.1 Å². The lowest BCUT2D eigenvalue weighted by Crippen LogP contribution is -1.89. The molecule has 0 saturated carbocycles.